The second-order valence-electron chi connectivity index (χ2n) is 4.85. The minimum absolute atomic E-state index is 0.0264. The zero-order chi connectivity index (χ0) is 16.9. The quantitative estimate of drug-likeness (QED) is 0.489. The van der Waals surface area contributed by atoms with Gasteiger partial charge in [0.15, 0.2) is 5.82 Å². The van der Waals surface area contributed by atoms with Gasteiger partial charge in [0, 0.05) is 11.6 Å². The summed E-state index contributed by atoms with van der Waals surface area (Å²) in [7, 11) is 0. The van der Waals surface area contributed by atoms with Crippen molar-refractivity contribution in [3.05, 3.63) is 64.7 Å². The number of aromatic hydroxyl groups is 2. The van der Waals surface area contributed by atoms with E-state index in [1.807, 2.05) is 30.3 Å². The van der Waals surface area contributed by atoms with Crippen molar-refractivity contribution in [3.8, 4) is 17.2 Å². The summed E-state index contributed by atoms with van der Waals surface area (Å²) in [5.41, 5.74) is 0.436. The Bertz CT molecular complexity index is 919. The summed E-state index contributed by atoms with van der Waals surface area (Å²) in [4.78, 5) is 0. The van der Waals surface area contributed by atoms with Crippen LogP contribution in [-0.4, -0.2) is 31.3 Å². The predicted octanol–water partition coefficient (Wildman–Crippen LogP) is 2.81. The summed E-state index contributed by atoms with van der Waals surface area (Å²) in [6, 6.07) is 13.5. The van der Waals surface area contributed by atoms with Crippen molar-refractivity contribution in [1.82, 2.24) is 14.9 Å². The number of phenolic OH excluding ortho intramolecular Hbond substituents is 2. The molecule has 2 aromatic carbocycles. The zero-order valence-corrected chi connectivity index (χ0v) is 13.3. The van der Waals surface area contributed by atoms with Gasteiger partial charge in [-0.1, -0.05) is 18.2 Å². The van der Waals surface area contributed by atoms with Gasteiger partial charge in [-0.15, -0.1) is 0 Å². The van der Waals surface area contributed by atoms with Crippen molar-refractivity contribution in [1.29, 1.82) is 0 Å². The molecule has 3 rings (SSSR count). The number of nitrogens with zero attached hydrogens (tertiary/aromatic N) is 3. The van der Waals surface area contributed by atoms with Crippen LogP contribution in [-0.2, 0) is 6.61 Å². The van der Waals surface area contributed by atoms with Crippen LogP contribution in [0.2, 0.25) is 0 Å². The highest BCUT2D eigenvalue weighted by molar-refractivity contribution is 7.71. The molecule has 0 unspecified atom stereocenters. The van der Waals surface area contributed by atoms with E-state index >= 15 is 0 Å². The van der Waals surface area contributed by atoms with Crippen molar-refractivity contribution >= 4 is 18.4 Å². The van der Waals surface area contributed by atoms with Crippen LogP contribution < -0.4 is 4.74 Å². The van der Waals surface area contributed by atoms with Crippen LogP contribution in [0.4, 0.5) is 0 Å². The van der Waals surface area contributed by atoms with Crippen molar-refractivity contribution in [2.75, 3.05) is 0 Å². The molecule has 0 aliphatic heterocycles. The lowest BCUT2D eigenvalue weighted by atomic mass is 10.2. The van der Waals surface area contributed by atoms with Crippen molar-refractivity contribution < 1.29 is 14.9 Å². The summed E-state index contributed by atoms with van der Waals surface area (Å²) in [5, 5.41) is 30.0. The molecule has 3 N–H and O–H groups in total. The molecule has 8 heteroatoms. The molecule has 0 radical (unpaired) electrons. The molecule has 7 nitrogen and oxygen atoms in total. The van der Waals surface area contributed by atoms with E-state index < -0.39 is 0 Å². The van der Waals surface area contributed by atoms with E-state index in [-0.39, 0.29) is 18.1 Å². The first-order valence-electron chi connectivity index (χ1n) is 7.04. The largest absolute Gasteiger partial charge is 0.508 e. The second-order valence-corrected chi connectivity index (χ2v) is 5.23. The summed E-state index contributed by atoms with van der Waals surface area (Å²) < 4.78 is 7.34. The Morgan fingerprint density at radius 1 is 1.21 bits per heavy atom. The van der Waals surface area contributed by atoms with E-state index in [0.29, 0.717) is 21.9 Å². The Balaban J connectivity index is 1.79. The minimum atomic E-state index is -0.0872. The van der Waals surface area contributed by atoms with Crippen molar-refractivity contribution in [2.24, 2.45) is 5.10 Å². The number of nitrogens with one attached hydrogen (secondary N) is 1. The number of hydrogen-bond acceptors (Lipinski definition) is 6. The fourth-order valence-electron chi connectivity index (χ4n) is 1.96. The maximum Gasteiger partial charge on any atom is 0.216 e. The van der Waals surface area contributed by atoms with E-state index in [2.05, 4.69) is 15.3 Å². The van der Waals surface area contributed by atoms with Gasteiger partial charge in [0.2, 0.25) is 4.77 Å². The monoisotopic (exact) mass is 342 g/mol. The molecule has 1 aromatic heterocycles. The molecular weight excluding hydrogens is 328 g/mol. The zero-order valence-electron chi connectivity index (χ0n) is 12.5. The molecule has 1 heterocycles. The van der Waals surface area contributed by atoms with Gasteiger partial charge in [-0.05, 0) is 36.5 Å². The molecule has 24 heavy (non-hydrogen) atoms. The first-order chi connectivity index (χ1) is 11.6. The molecule has 0 fully saturated rings. The number of phenols is 2. The van der Waals surface area contributed by atoms with E-state index in [9.17, 15) is 10.2 Å². The summed E-state index contributed by atoms with van der Waals surface area (Å²) in [5.74, 6) is 1.08. The van der Waals surface area contributed by atoms with Crippen LogP contribution in [0.25, 0.3) is 0 Å². The third-order valence-electron chi connectivity index (χ3n) is 3.15. The number of hydrogen-bond donors (Lipinski definition) is 3. The van der Waals surface area contributed by atoms with E-state index in [1.165, 1.54) is 29.1 Å². The molecule has 0 aliphatic rings. The topological polar surface area (TPSA) is 95.7 Å². The normalized spacial score (nSPS) is 11.0. The maximum absolute atomic E-state index is 9.78. The highest BCUT2D eigenvalue weighted by atomic mass is 32.1. The lowest BCUT2D eigenvalue weighted by molar-refractivity contribution is 0.290. The van der Waals surface area contributed by atoms with Gasteiger partial charge in [0.05, 0.1) is 6.21 Å². The molecule has 0 saturated carbocycles. The third kappa shape index (κ3) is 3.61. The maximum atomic E-state index is 9.78. The Labute approximate surface area is 142 Å². The molecule has 0 spiro atoms. The average molecular weight is 342 g/mol. The number of rotatable bonds is 5. The highest BCUT2D eigenvalue weighted by Crippen LogP contribution is 2.21. The van der Waals surface area contributed by atoms with Crippen LogP contribution >= 0.6 is 12.2 Å². The fourth-order valence-corrected chi connectivity index (χ4v) is 2.16. The summed E-state index contributed by atoms with van der Waals surface area (Å²) in [6.45, 7) is 0.177. The number of para-hydroxylation sites is 1. The smallest absolute Gasteiger partial charge is 0.216 e. The standard InChI is InChI=1S/C16H14N4O3S/c21-12-7-6-11(14(22)8-12)9-17-20-15(18-19-16(20)24)10-23-13-4-2-1-3-5-13/h1-9,21-22H,10H2,(H,19,24). The van der Waals surface area contributed by atoms with Crippen LogP contribution in [0.1, 0.15) is 11.4 Å². The van der Waals surface area contributed by atoms with Crippen LogP contribution in [0.3, 0.4) is 0 Å². The average Bonchev–Trinajstić information content (AvgIpc) is 2.93. The molecule has 0 atom stereocenters. The van der Waals surface area contributed by atoms with Crippen LogP contribution in [0, 0.1) is 4.77 Å². The number of aromatic amines is 1. The molecule has 3 aromatic rings. The SMILES string of the molecule is Oc1ccc(C=Nn2c(COc3ccccc3)n[nH]c2=S)c(O)c1. The van der Waals surface area contributed by atoms with Gasteiger partial charge in [-0.3, -0.25) is 0 Å². The molecule has 0 amide bonds. The van der Waals surface area contributed by atoms with Gasteiger partial charge in [-0.2, -0.15) is 14.9 Å². The summed E-state index contributed by atoms with van der Waals surface area (Å²) >= 11 is 5.15. The van der Waals surface area contributed by atoms with Crippen molar-refractivity contribution in [3.63, 3.8) is 0 Å². The van der Waals surface area contributed by atoms with Gasteiger partial charge in [0.1, 0.15) is 23.9 Å². The molecule has 0 bridgehead atoms. The predicted molar refractivity (Wildman–Crippen MR) is 90.9 cm³/mol. The van der Waals surface area contributed by atoms with Gasteiger partial charge in [0.25, 0.3) is 0 Å². The van der Waals surface area contributed by atoms with E-state index in [1.54, 1.807) is 0 Å². The number of ether oxygens (including phenoxy) is 1. The van der Waals surface area contributed by atoms with Crippen LogP contribution in [0.15, 0.2) is 53.6 Å². The number of H-pyrrole nitrogens is 1. The van der Waals surface area contributed by atoms with Crippen molar-refractivity contribution in [2.45, 2.75) is 6.61 Å². The summed E-state index contributed by atoms with van der Waals surface area (Å²) in [6.07, 6.45) is 1.42. The Morgan fingerprint density at radius 3 is 2.75 bits per heavy atom. The Hall–Kier alpha value is -3.13. The van der Waals surface area contributed by atoms with E-state index in [0.717, 1.165) is 0 Å². The molecule has 0 aliphatic carbocycles. The van der Waals surface area contributed by atoms with E-state index in [4.69, 9.17) is 17.0 Å². The fraction of sp³-hybridized carbons (Fsp3) is 0.0625. The molecule has 0 saturated heterocycles. The second kappa shape index (κ2) is 6.97. The van der Waals surface area contributed by atoms with Gasteiger partial charge < -0.3 is 14.9 Å². The van der Waals surface area contributed by atoms with Gasteiger partial charge in [-0.25, -0.2) is 5.10 Å². The first-order valence-corrected chi connectivity index (χ1v) is 7.45. The number of aromatic nitrogens is 3. The third-order valence-corrected chi connectivity index (χ3v) is 3.42. The number of benzene rings is 2. The lowest BCUT2D eigenvalue weighted by Gasteiger charge is -2.05. The molecule has 122 valence electrons. The first kappa shape index (κ1) is 15.8. The Kier molecular flexibility index (Phi) is 4.57. The lowest BCUT2D eigenvalue weighted by Crippen LogP contribution is -2.04. The highest BCUT2D eigenvalue weighted by Gasteiger charge is 2.07. The molecular formula is C16H14N4O3S. The minimum Gasteiger partial charge on any atom is -0.508 e. The Morgan fingerprint density at radius 2 is 2.00 bits per heavy atom. The van der Waals surface area contributed by atoms with Gasteiger partial charge >= 0.3 is 0 Å². The van der Waals surface area contributed by atoms with Crippen LogP contribution in [0.5, 0.6) is 17.2 Å².